The topological polar surface area (TPSA) is 66.8 Å². The van der Waals surface area contributed by atoms with Gasteiger partial charge in [0.25, 0.3) is 0 Å². The van der Waals surface area contributed by atoms with E-state index in [9.17, 15) is 15.0 Å². The number of carbonyl (C=O) groups excluding carboxylic acids is 1. The lowest BCUT2D eigenvalue weighted by atomic mass is 10.0. The third-order valence-corrected chi connectivity index (χ3v) is 4.65. The molecule has 27 heavy (non-hydrogen) atoms. The number of carbonyl (C=O) groups is 1. The summed E-state index contributed by atoms with van der Waals surface area (Å²) in [4.78, 5) is 12.4. The normalized spacial score (nSPS) is 10.7. The molecule has 2 aromatic rings. The van der Waals surface area contributed by atoms with Crippen LogP contribution < -0.4 is 4.74 Å². The highest BCUT2D eigenvalue weighted by molar-refractivity contribution is 6.11. The number of rotatable bonds is 12. The second-order valence-electron chi connectivity index (χ2n) is 6.83. The van der Waals surface area contributed by atoms with E-state index in [1.54, 1.807) is 24.3 Å². The molecule has 0 aliphatic heterocycles. The van der Waals surface area contributed by atoms with Crippen LogP contribution >= 0.6 is 0 Å². The van der Waals surface area contributed by atoms with Gasteiger partial charge in [-0.3, -0.25) is 4.79 Å². The number of benzene rings is 2. The summed E-state index contributed by atoms with van der Waals surface area (Å²) in [5, 5.41) is 20.4. The van der Waals surface area contributed by atoms with Crippen molar-refractivity contribution < 1.29 is 19.7 Å². The molecule has 0 fully saturated rings. The quantitative estimate of drug-likeness (QED) is 0.279. The lowest BCUT2D eigenvalue weighted by Crippen LogP contribution is -2.03. The summed E-state index contributed by atoms with van der Waals surface area (Å²) in [7, 11) is 0. The molecule has 4 heteroatoms. The molecule has 2 aromatic carbocycles. The number of hydrogen-bond acceptors (Lipinski definition) is 4. The van der Waals surface area contributed by atoms with Gasteiger partial charge in [-0.25, -0.2) is 0 Å². The van der Waals surface area contributed by atoms with E-state index >= 15 is 0 Å². The molecular weight excluding hydrogens is 340 g/mol. The first-order chi connectivity index (χ1) is 13.1. The second kappa shape index (κ2) is 11.3. The van der Waals surface area contributed by atoms with Crippen molar-refractivity contribution in [2.45, 2.75) is 58.3 Å². The van der Waals surface area contributed by atoms with Gasteiger partial charge in [-0.15, -0.1) is 0 Å². The van der Waals surface area contributed by atoms with E-state index in [-0.39, 0.29) is 22.8 Å². The molecule has 0 saturated carbocycles. The van der Waals surface area contributed by atoms with Crippen LogP contribution in [0.5, 0.6) is 17.2 Å². The first-order valence-corrected chi connectivity index (χ1v) is 9.92. The Morgan fingerprint density at radius 3 is 2.11 bits per heavy atom. The highest BCUT2D eigenvalue weighted by Crippen LogP contribution is 2.39. The highest BCUT2D eigenvalue weighted by Gasteiger charge is 2.19. The molecule has 0 aromatic heterocycles. The number of ketones is 1. The molecule has 0 bridgehead atoms. The zero-order valence-corrected chi connectivity index (χ0v) is 16.1. The van der Waals surface area contributed by atoms with Gasteiger partial charge in [-0.1, -0.05) is 82.2 Å². The van der Waals surface area contributed by atoms with E-state index in [0.717, 1.165) is 12.8 Å². The van der Waals surface area contributed by atoms with Crippen molar-refractivity contribution in [3.63, 3.8) is 0 Å². The van der Waals surface area contributed by atoms with Crippen molar-refractivity contribution >= 4 is 5.78 Å². The van der Waals surface area contributed by atoms with Crippen molar-refractivity contribution in [1.29, 1.82) is 0 Å². The third kappa shape index (κ3) is 6.31. The maximum Gasteiger partial charge on any atom is 0.201 e. The van der Waals surface area contributed by atoms with Gasteiger partial charge in [-0.2, -0.15) is 0 Å². The van der Waals surface area contributed by atoms with Gasteiger partial charge in [0.2, 0.25) is 5.75 Å². The zero-order valence-electron chi connectivity index (χ0n) is 16.1. The fourth-order valence-corrected chi connectivity index (χ4v) is 3.02. The van der Waals surface area contributed by atoms with E-state index in [1.165, 1.54) is 50.7 Å². The van der Waals surface area contributed by atoms with E-state index in [1.807, 2.05) is 6.07 Å². The van der Waals surface area contributed by atoms with Crippen molar-refractivity contribution in [1.82, 2.24) is 0 Å². The predicted octanol–water partition coefficient (Wildman–Crippen LogP) is 5.85. The molecule has 146 valence electrons. The maximum atomic E-state index is 12.4. The average Bonchev–Trinajstić information content (AvgIpc) is 2.70. The summed E-state index contributed by atoms with van der Waals surface area (Å²) < 4.78 is 5.58. The van der Waals surface area contributed by atoms with Crippen LogP contribution in [0.15, 0.2) is 42.5 Å². The van der Waals surface area contributed by atoms with E-state index in [4.69, 9.17) is 4.74 Å². The molecule has 0 amide bonds. The Kier molecular flexibility index (Phi) is 8.69. The Balaban J connectivity index is 1.82. The van der Waals surface area contributed by atoms with Crippen LogP contribution in [0.2, 0.25) is 0 Å². The molecule has 0 unspecified atom stereocenters. The smallest absolute Gasteiger partial charge is 0.201 e. The largest absolute Gasteiger partial charge is 0.504 e. The Morgan fingerprint density at radius 1 is 0.815 bits per heavy atom. The van der Waals surface area contributed by atoms with Crippen molar-refractivity contribution in [2.75, 3.05) is 6.61 Å². The Hall–Kier alpha value is -2.49. The van der Waals surface area contributed by atoms with E-state index in [2.05, 4.69) is 6.92 Å². The maximum absolute atomic E-state index is 12.4. The minimum atomic E-state index is -0.433. The Morgan fingerprint density at radius 2 is 1.44 bits per heavy atom. The monoisotopic (exact) mass is 370 g/mol. The minimum absolute atomic E-state index is 0.0677. The molecular formula is C23H30O4. The molecule has 4 nitrogen and oxygen atoms in total. The first kappa shape index (κ1) is 20.8. The van der Waals surface area contributed by atoms with E-state index in [0.29, 0.717) is 12.2 Å². The molecule has 0 spiro atoms. The van der Waals surface area contributed by atoms with Crippen molar-refractivity contribution in [3.8, 4) is 17.2 Å². The van der Waals surface area contributed by atoms with Gasteiger partial charge in [0.05, 0.1) is 12.2 Å². The van der Waals surface area contributed by atoms with Crippen LogP contribution in [0.4, 0.5) is 0 Å². The summed E-state index contributed by atoms with van der Waals surface area (Å²) in [5.41, 5.74) is 0.526. The Labute approximate surface area is 161 Å². The number of aromatic hydroxyl groups is 2. The van der Waals surface area contributed by atoms with E-state index < -0.39 is 5.75 Å². The number of unbranched alkanes of at least 4 members (excludes halogenated alkanes) is 7. The van der Waals surface area contributed by atoms with Crippen LogP contribution in [0.3, 0.4) is 0 Å². The lowest BCUT2D eigenvalue weighted by molar-refractivity contribution is 0.103. The van der Waals surface area contributed by atoms with Gasteiger partial charge in [-0.05, 0) is 18.6 Å². The lowest BCUT2D eigenvalue weighted by Gasteiger charge is -2.11. The molecule has 0 aliphatic rings. The summed E-state index contributed by atoms with van der Waals surface area (Å²) in [5.74, 6) is -0.938. The van der Waals surface area contributed by atoms with Gasteiger partial charge in [0, 0.05) is 5.56 Å². The standard InChI is InChI=1S/C23H30O4/c1-2-3-4-5-6-7-8-12-17-27-20-16-15-19(22(25)23(20)26)21(24)18-13-10-9-11-14-18/h9-11,13-16,25-26H,2-8,12,17H2,1H3. The van der Waals surface area contributed by atoms with Gasteiger partial charge in [0.15, 0.2) is 17.3 Å². The average molecular weight is 370 g/mol. The van der Waals surface area contributed by atoms with Crippen LogP contribution in [-0.2, 0) is 0 Å². The molecule has 0 atom stereocenters. The fraction of sp³-hybridized carbons (Fsp3) is 0.435. The summed E-state index contributed by atoms with van der Waals surface area (Å²) >= 11 is 0. The van der Waals surface area contributed by atoms with Crippen molar-refractivity contribution in [3.05, 3.63) is 53.6 Å². The molecule has 0 radical (unpaired) electrons. The van der Waals surface area contributed by atoms with Crippen LogP contribution in [0, 0.1) is 0 Å². The summed E-state index contributed by atoms with van der Waals surface area (Å²) in [6.07, 6.45) is 9.61. The second-order valence-corrected chi connectivity index (χ2v) is 6.83. The zero-order chi connectivity index (χ0) is 19.5. The number of hydrogen-bond donors (Lipinski definition) is 2. The number of phenols is 2. The third-order valence-electron chi connectivity index (χ3n) is 4.65. The van der Waals surface area contributed by atoms with Gasteiger partial charge >= 0.3 is 0 Å². The molecule has 2 N–H and O–H groups in total. The highest BCUT2D eigenvalue weighted by atomic mass is 16.5. The van der Waals surface area contributed by atoms with Gasteiger partial charge < -0.3 is 14.9 Å². The summed E-state index contributed by atoms with van der Waals surface area (Å²) in [6.45, 7) is 2.70. The number of phenolic OH excluding ortho intramolecular Hbond substituents is 2. The molecule has 2 rings (SSSR count). The molecule has 0 saturated heterocycles. The fourth-order valence-electron chi connectivity index (χ4n) is 3.02. The summed E-state index contributed by atoms with van der Waals surface area (Å²) in [6, 6.07) is 11.7. The SMILES string of the molecule is CCCCCCCCCCOc1ccc(C(=O)c2ccccc2)c(O)c1O. The van der Waals surface area contributed by atoms with Crippen LogP contribution in [-0.4, -0.2) is 22.6 Å². The van der Waals surface area contributed by atoms with Crippen molar-refractivity contribution in [2.24, 2.45) is 0 Å². The predicted molar refractivity (Wildman–Crippen MR) is 108 cm³/mol. The number of ether oxygens (including phenoxy) is 1. The molecule has 0 aliphatic carbocycles. The Bertz CT molecular complexity index is 710. The minimum Gasteiger partial charge on any atom is -0.504 e. The van der Waals surface area contributed by atoms with Crippen LogP contribution in [0.25, 0.3) is 0 Å². The van der Waals surface area contributed by atoms with Crippen LogP contribution in [0.1, 0.15) is 74.2 Å². The first-order valence-electron chi connectivity index (χ1n) is 9.92. The van der Waals surface area contributed by atoms with Gasteiger partial charge in [0.1, 0.15) is 0 Å². The molecule has 0 heterocycles.